The summed E-state index contributed by atoms with van der Waals surface area (Å²) in [6, 6.07) is 7.03. The number of hydrogen-bond acceptors (Lipinski definition) is 6. The first-order valence-corrected chi connectivity index (χ1v) is 11.0. The van der Waals surface area contributed by atoms with Gasteiger partial charge in [0, 0.05) is 44.5 Å². The molecule has 3 rings (SSSR count). The SMILES string of the molecule is CCOC(=O)C1=C(CN2CCN([C@@H](C)CC)CC2)NC(=O)N[C@@H]1c1ccc(OC)cc1. The van der Waals surface area contributed by atoms with Gasteiger partial charge in [0.25, 0.3) is 0 Å². The molecule has 0 radical (unpaired) electrons. The normalized spacial score (nSPS) is 21.3. The van der Waals surface area contributed by atoms with Crippen molar-refractivity contribution in [2.24, 2.45) is 0 Å². The molecule has 2 N–H and O–H groups in total. The molecule has 1 aromatic carbocycles. The first-order chi connectivity index (χ1) is 15.0. The highest BCUT2D eigenvalue weighted by Crippen LogP contribution is 2.29. The van der Waals surface area contributed by atoms with E-state index in [1.54, 1.807) is 14.0 Å². The number of ether oxygens (including phenoxy) is 2. The predicted octanol–water partition coefficient (Wildman–Crippen LogP) is 2.28. The number of amides is 2. The van der Waals surface area contributed by atoms with Gasteiger partial charge in [-0.2, -0.15) is 0 Å². The Morgan fingerprint density at radius 2 is 1.84 bits per heavy atom. The second kappa shape index (κ2) is 10.6. The molecule has 1 fully saturated rings. The van der Waals surface area contributed by atoms with Gasteiger partial charge >= 0.3 is 12.0 Å². The second-order valence-electron chi connectivity index (χ2n) is 7.99. The molecule has 2 amide bonds. The Balaban J connectivity index is 1.85. The molecule has 0 aliphatic carbocycles. The average molecular weight is 431 g/mol. The molecule has 0 unspecified atom stereocenters. The Morgan fingerprint density at radius 3 is 2.42 bits per heavy atom. The zero-order chi connectivity index (χ0) is 22.4. The van der Waals surface area contributed by atoms with Crippen molar-refractivity contribution in [1.29, 1.82) is 0 Å². The Kier molecular flexibility index (Phi) is 7.92. The number of carbonyl (C=O) groups excluding carboxylic acids is 2. The molecule has 0 saturated carbocycles. The summed E-state index contributed by atoms with van der Waals surface area (Å²) >= 11 is 0. The van der Waals surface area contributed by atoms with Crippen molar-refractivity contribution in [2.45, 2.75) is 39.3 Å². The van der Waals surface area contributed by atoms with E-state index < -0.39 is 12.0 Å². The molecule has 8 nitrogen and oxygen atoms in total. The van der Waals surface area contributed by atoms with Crippen LogP contribution < -0.4 is 15.4 Å². The maximum absolute atomic E-state index is 12.9. The molecular weight excluding hydrogens is 396 g/mol. The van der Waals surface area contributed by atoms with Gasteiger partial charge in [-0.05, 0) is 38.0 Å². The highest BCUT2D eigenvalue weighted by molar-refractivity contribution is 5.95. The van der Waals surface area contributed by atoms with Crippen LogP contribution in [0.1, 0.15) is 38.8 Å². The summed E-state index contributed by atoms with van der Waals surface area (Å²) in [5.41, 5.74) is 1.87. The third-order valence-corrected chi connectivity index (χ3v) is 6.10. The van der Waals surface area contributed by atoms with E-state index in [0.717, 1.165) is 38.2 Å². The molecule has 170 valence electrons. The van der Waals surface area contributed by atoms with E-state index in [4.69, 9.17) is 9.47 Å². The number of nitrogens with one attached hydrogen (secondary N) is 2. The largest absolute Gasteiger partial charge is 0.497 e. The van der Waals surface area contributed by atoms with Gasteiger partial charge in [0.05, 0.1) is 25.3 Å². The quantitative estimate of drug-likeness (QED) is 0.616. The van der Waals surface area contributed by atoms with E-state index >= 15 is 0 Å². The van der Waals surface area contributed by atoms with Gasteiger partial charge < -0.3 is 20.1 Å². The second-order valence-corrected chi connectivity index (χ2v) is 7.99. The van der Waals surface area contributed by atoms with E-state index in [2.05, 4.69) is 34.3 Å². The molecule has 2 aliphatic heterocycles. The van der Waals surface area contributed by atoms with Crippen LogP contribution in [-0.4, -0.2) is 74.3 Å². The third kappa shape index (κ3) is 5.57. The van der Waals surface area contributed by atoms with E-state index in [1.165, 1.54) is 0 Å². The lowest BCUT2D eigenvalue weighted by Crippen LogP contribution is -2.53. The molecular formula is C23H34N4O4. The molecule has 0 aromatic heterocycles. The number of piperazine rings is 1. The van der Waals surface area contributed by atoms with Crippen LogP contribution in [-0.2, 0) is 9.53 Å². The topological polar surface area (TPSA) is 83.1 Å². The third-order valence-electron chi connectivity index (χ3n) is 6.10. The fraction of sp³-hybridized carbons (Fsp3) is 0.565. The Hall–Kier alpha value is -2.58. The van der Waals surface area contributed by atoms with Crippen LogP contribution in [0.4, 0.5) is 4.79 Å². The zero-order valence-corrected chi connectivity index (χ0v) is 18.9. The van der Waals surface area contributed by atoms with Crippen LogP contribution in [0.5, 0.6) is 5.75 Å². The minimum absolute atomic E-state index is 0.270. The van der Waals surface area contributed by atoms with Crippen molar-refractivity contribution in [3.8, 4) is 5.75 Å². The number of carbonyl (C=O) groups is 2. The maximum Gasteiger partial charge on any atom is 0.338 e. The number of nitrogens with zero attached hydrogens (tertiary/aromatic N) is 2. The summed E-state index contributed by atoms with van der Waals surface area (Å²) in [7, 11) is 1.60. The molecule has 8 heteroatoms. The van der Waals surface area contributed by atoms with Gasteiger partial charge in [-0.25, -0.2) is 9.59 Å². The molecule has 2 atom stereocenters. The smallest absolute Gasteiger partial charge is 0.338 e. The van der Waals surface area contributed by atoms with E-state index in [9.17, 15) is 9.59 Å². The van der Waals surface area contributed by atoms with Crippen LogP contribution in [0.25, 0.3) is 0 Å². The van der Waals surface area contributed by atoms with Gasteiger partial charge in [0.1, 0.15) is 5.75 Å². The summed E-state index contributed by atoms with van der Waals surface area (Å²) in [4.78, 5) is 30.2. The number of urea groups is 1. The number of esters is 1. The van der Waals surface area contributed by atoms with Crippen molar-refractivity contribution < 1.29 is 19.1 Å². The van der Waals surface area contributed by atoms with Crippen LogP contribution in [0, 0.1) is 0 Å². The van der Waals surface area contributed by atoms with Crippen LogP contribution in [0.2, 0.25) is 0 Å². The van der Waals surface area contributed by atoms with E-state index in [0.29, 0.717) is 29.6 Å². The van der Waals surface area contributed by atoms with Gasteiger partial charge in [-0.3, -0.25) is 9.80 Å². The Morgan fingerprint density at radius 1 is 1.16 bits per heavy atom. The number of benzene rings is 1. The van der Waals surface area contributed by atoms with Crippen LogP contribution in [0.3, 0.4) is 0 Å². The van der Waals surface area contributed by atoms with Crippen molar-refractivity contribution in [3.05, 3.63) is 41.1 Å². The molecule has 2 aliphatic rings. The maximum atomic E-state index is 12.9. The summed E-state index contributed by atoms with van der Waals surface area (Å²) in [6.07, 6.45) is 1.13. The van der Waals surface area contributed by atoms with Gasteiger partial charge in [0.15, 0.2) is 0 Å². The van der Waals surface area contributed by atoms with E-state index in [-0.39, 0.29) is 12.6 Å². The summed E-state index contributed by atoms with van der Waals surface area (Å²) in [6.45, 7) is 10.7. The van der Waals surface area contributed by atoms with Crippen LogP contribution >= 0.6 is 0 Å². The predicted molar refractivity (Wildman–Crippen MR) is 119 cm³/mol. The summed E-state index contributed by atoms with van der Waals surface area (Å²) in [5.74, 6) is 0.300. The lowest BCUT2D eigenvalue weighted by Gasteiger charge is -2.39. The van der Waals surface area contributed by atoms with Crippen molar-refractivity contribution in [2.75, 3.05) is 46.4 Å². The summed E-state index contributed by atoms with van der Waals surface area (Å²) in [5, 5.41) is 5.75. The highest BCUT2D eigenvalue weighted by Gasteiger charge is 2.34. The molecule has 2 heterocycles. The molecule has 0 bridgehead atoms. The minimum atomic E-state index is -0.574. The number of methoxy groups -OCH3 is 1. The molecule has 1 aromatic rings. The molecule has 1 saturated heterocycles. The fourth-order valence-corrected chi connectivity index (χ4v) is 4.08. The van der Waals surface area contributed by atoms with E-state index in [1.807, 2.05) is 24.3 Å². The number of hydrogen-bond donors (Lipinski definition) is 2. The monoisotopic (exact) mass is 430 g/mol. The lowest BCUT2D eigenvalue weighted by molar-refractivity contribution is -0.139. The van der Waals surface area contributed by atoms with Crippen molar-refractivity contribution in [3.63, 3.8) is 0 Å². The Labute approximate surface area is 184 Å². The van der Waals surface area contributed by atoms with Crippen LogP contribution in [0.15, 0.2) is 35.5 Å². The number of rotatable bonds is 8. The lowest BCUT2D eigenvalue weighted by atomic mass is 9.94. The highest BCUT2D eigenvalue weighted by atomic mass is 16.5. The van der Waals surface area contributed by atoms with Gasteiger partial charge in [0.2, 0.25) is 0 Å². The minimum Gasteiger partial charge on any atom is -0.497 e. The average Bonchev–Trinajstić information content (AvgIpc) is 2.79. The first kappa shape index (κ1) is 23.1. The van der Waals surface area contributed by atoms with Gasteiger partial charge in [-0.1, -0.05) is 19.1 Å². The standard InChI is InChI=1S/C23H34N4O4/c1-5-16(3)27-13-11-26(12-14-27)15-19-20(22(28)31-6-2)21(25-23(29)24-19)17-7-9-18(30-4)10-8-17/h7-10,16,21H,5-6,11-15H2,1-4H3,(H2,24,25,29)/t16-,21+/m0/s1. The van der Waals surface area contributed by atoms with Crippen molar-refractivity contribution >= 4 is 12.0 Å². The molecule has 31 heavy (non-hydrogen) atoms. The fourth-order valence-electron chi connectivity index (χ4n) is 4.08. The van der Waals surface area contributed by atoms with Crippen molar-refractivity contribution in [1.82, 2.24) is 20.4 Å². The first-order valence-electron chi connectivity index (χ1n) is 11.0. The summed E-state index contributed by atoms with van der Waals surface area (Å²) < 4.78 is 10.6. The zero-order valence-electron chi connectivity index (χ0n) is 18.9. The Bertz CT molecular complexity index is 800. The molecule has 0 spiro atoms. The van der Waals surface area contributed by atoms with Gasteiger partial charge in [-0.15, -0.1) is 0 Å².